The highest BCUT2D eigenvalue weighted by molar-refractivity contribution is 8.00. The Balaban J connectivity index is 1.65. The average molecular weight is 354 g/mol. The Morgan fingerprint density at radius 2 is 1.88 bits per heavy atom. The number of amides is 2. The number of nitrogens with zero attached hydrogens (tertiary/aromatic N) is 1. The van der Waals surface area contributed by atoms with E-state index in [9.17, 15) is 9.59 Å². The van der Waals surface area contributed by atoms with Crippen molar-refractivity contribution in [1.29, 1.82) is 0 Å². The number of carbonyl (C=O) groups is 2. The molecule has 130 valence electrons. The summed E-state index contributed by atoms with van der Waals surface area (Å²) in [7, 11) is 0. The van der Waals surface area contributed by atoms with Crippen LogP contribution in [0.5, 0.6) is 0 Å². The smallest absolute Gasteiger partial charge is 0.237 e. The van der Waals surface area contributed by atoms with Crippen molar-refractivity contribution in [3.8, 4) is 0 Å². The molecule has 1 heterocycles. The SMILES string of the molecule is CC(=O)Nc1ccc(SCC(=O)N2c3ccccc3CCC2C)cc1. The molecule has 0 saturated heterocycles. The van der Waals surface area contributed by atoms with Crippen LogP contribution in [0.3, 0.4) is 0 Å². The zero-order valence-corrected chi connectivity index (χ0v) is 15.3. The topological polar surface area (TPSA) is 49.4 Å². The summed E-state index contributed by atoms with van der Waals surface area (Å²) in [5.41, 5.74) is 3.06. The number of benzene rings is 2. The van der Waals surface area contributed by atoms with E-state index in [4.69, 9.17) is 0 Å². The summed E-state index contributed by atoms with van der Waals surface area (Å²) in [5.74, 6) is 0.446. The molecule has 0 saturated carbocycles. The van der Waals surface area contributed by atoms with Gasteiger partial charge < -0.3 is 10.2 Å². The fraction of sp³-hybridized carbons (Fsp3) is 0.300. The molecule has 0 aliphatic carbocycles. The maximum Gasteiger partial charge on any atom is 0.237 e. The van der Waals surface area contributed by atoms with Gasteiger partial charge in [0.1, 0.15) is 0 Å². The van der Waals surface area contributed by atoms with E-state index in [2.05, 4.69) is 18.3 Å². The molecule has 1 unspecified atom stereocenters. The highest BCUT2D eigenvalue weighted by Gasteiger charge is 2.27. The lowest BCUT2D eigenvalue weighted by Crippen LogP contribution is -2.43. The van der Waals surface area contributed by atoms with E-state index in [1.807, 2.05) is 47.4 Å². The van der Waals surface area contributed by atoms with Gasteiger partial charge in [-0.2, -0.15) is 0 Å². The number of hydrogen-bond donors (Lipinski definition) is 1. The maximum atomic E-state index is 12.8. The van der Waals surface area contributed by atoms with Crippen LogP contribution in [0, 0.1) is 0 Å². The van der Waals surface area contributed by atoms with Gasteiger partial charge in [-0.25, -0.2) is 0 Å². The van der Waals surface area contributed by atoms with E-state index >= 15 is 0 Å². The van der Waals surface area contributed by atoms with Gasteiger partial charge in [0.25, 0.3) is 0 Å². The van der Waals surface area contributed by atoms with Crippen LogP contribution in [0.1, 0.15) is 25.8 Å². The van der Waals surface area contributed by atoms with Crippen LogP contribution in [0.15, 0.2) is 53.4 Å². The minimum atomic E-state index is -0.0895. The van der Waals surface area contributed by atoms with Gasteiger partial charge in [0.15, 0.2) is 0 Å². The summed E-state index contributed by atoms with van der Waals surface area (Å²) in [6, 6.07) is 16.0. The number of fused-ring (bicyclic) bond motifs is 1. The van der Waals surface area contributed by atoms with Crippen molar-refractivity contribution in [2.45, 2.75) is 37.6 Å². The Labute approximate surface area is 152 Å². The van der Waals surface area contributed by atoms with E-state index in [0.29, 0.717) is 5.75 Å². The molecule has 2 amide bonds. The summed E-state index contributed by atoms with van der Waals surface area (Å²) in [4.78, 5) is 26.8. The van der Waals surface area contributed by atoms with Gasteiger partial charge in [-0.1, -0.05) is 18.2 Å². The fourth-order valence-electron chi connectivity index (χ4n) is 3.12. The molecule has 1 aliphatic rings. The quantitative estimate of drug-likeness (QED) is 0.841. The molecular formula is C20H22N2O2S. The van der Waals surface area contributed by atoms with Gasteiger partial charge in [-0.05, 0) is 55.7 Å². The Morgan fingerprint density at radius 3 is 2.60 bits per heavy atom. The average Bonchev–Trinajstić information content (AvgIpc) is 2.60. The van der Waals surface area contributed by atoms with E-state index < -0.39 is 0 Å². The summed E-state index contributed by atoms with van der Waals surface area (Å²) in [6.07, 6.45) is 2.03. The minimum Gasteiger partial charge on any atom is -0.326 e. The Kier molecular flexibility index (Phi) is 5.43. The Hall–Kier alpha value is -2.27. The molecule has 0 radical (unpaired) electrons. The van der Waals surface area contributed by atoms with Crippen molar-refractivity contribution in [3.05, 3.63) is 54.1 Å². The molecule has 0 fully saturated rings. The van der Waals surface area contributed by atoms with Gasteiger partial charge >= 0.3 is 0 Å². The van der Waals surface area contributed by atoms with Crippen LogP contribution in [0.2, 0.25) is 0 Å². The maximum absolute atomic E-state index is 12.8. The molecule has 5 heteroatoms. The monoisotopic (exact) mass is 354 g/mol. The number of nitrogens with one attached hydrogen (secondary N) is 1. The van der Waals surface area contributed by atoms with E-state index in [-0.39, 0.29) is 17.9 Å². The van der Waals surface area contributed by atoms with Crippen molar-refractivity contribution in [1.82, 2.24) is 0 Å². The molecule has 0 spiro atoms. The first-order chi connectivity index (χ1) is 12.0. The Bertz CT molecular complexity index is 774. The third-order valence-corrected chi connectivity index (χ3v) is 5.33. The Morgan fingerprint density at radius 1 is 1.16 bits per heavy atom. The van der Waals surface area contributed by atoms with Crippen molar-refractivity contribution >= 4 is 35.0 Å². The highest BCUT2D eigenvalue weighted by atomic mass is 32.2. The normalized spacial score (nSPS) is 16.2. The second-order valence-corrected chi connectivity index (χ2v) is 7.32. The first-order valence-electron chi connectivity index (χ1n) is 8.45. The number of thioether (sulfide) groups is 1. The number of para-hydroxylation sites is 1. The molecule has 0 bridgehead atoms. The second-order valence-electron chi connectivity index (χ2n) is 6.27. The summed E-state index contributed by atoms with van der Waals surface area (Å²) in [6.45, 7) is 3.60. The van der Waals surface area contributed by atoms with Crippen LogP contribution in [0.25, 0.3) is 0 Å². The standard InChI is InChI=1S/C20H22N2O2S/c1-14-7-8-16-5-3-4-6-19(16)22(14)20(24)13-25-18-11-9-17(10-12-18)21-15(2)23/h3-6,9-12,14H,7-8,13H2,1-2H3,(H,21,23). The third-order valence-electron chi connectivity index (χ3n) is 4.33. The zero-order valence-electron chi connectivity index (χ0n) is 14.5. The lowest BCUT2D eigenvalue weighted by Gasteiger charge is -2.35. The number of anilines is 2. The van der Waals surface area contributed by atoms with Crippen LogP contribution in [-0.4, -0.2) is 23.6 Å². The largest absolute Gasteiger partial charge is 0.326 e. The molecule has 1 aliphatic heterocycles. The molecule has 0 aromatic heterocycles. The van der Waals surface area contributed by atoms with E-state index in [1.54, 1.807) is 0 Å². The van der Waals surface area contributed by atoms with Gasteiger partial charge in [-0.15, -0.1) is 11.8 Å². The van der Waals surface area contributed by atoms with Gasteiger partial charge in [0.2, 0.25) is 11.8 Å². The predicted octanol–water partition coefficient (Wildman–Crippen LogP) is 4.11. The molecule has 1 atom stereocenters. The molecule has 4 nitrogen and oxygen atoms in total. The van der Waals surface area contributed by atoms with Crippen LogP contribution < -0.4 is 10.2 Å². The molecule has 2 aromatic carbocycles. The third kappa shape index (κ3) is 4.23. The number of rotatable bonds is 4. The summed E-state index contributed by atoms with van der Waals surface area (Å²) in [5, 5.41) is 2.74. The van der Waals surface area contributed by atoms with E-state index in [0.717, 1.165) is 29.1 Å². The lowest BCUT2D eigenvalue weighted by molar-refractivity contribution is -0.116. The van der Waals surface area contributed by atoms with E-state index in [1.165, 1.54) is 24.2 Å². The van der Waals surface area contributed by atoms with Crippen molar-refractivity contribution in [2.75, 3.05) is 16.0 Å². The number of aryl methyl sites for hydroxylation is 1. The second kappa shape index (κ2) is 7.74. The van der Waals surface area contributed by atoms with Crippen LogP contribution in [0.4, 0.5) is 11.4 Å². The summed E-state index contributed by atoms with van der Waals surface area (Å²) >= 11 is 1.52. The lowest BCUT2D eigenvalue weighted by atomic mass is 9.97. The van der Waals surface area contributed by atoms with Crippen LogP contribution in [-0.2, 0) is 16.0 Å². The number of carbonyl (C=O) groups excluding carboxylic acids is 2. The fourth-order valence-corrected chi connectivity index (χ4v) is 3.88. The minimum absolute atomic E-state index is 0.0895. The first-order valence-corrected chi connectivity index (χ1v) is 9.43. The first kappa shape index (κ1) is 17.5. The van der Waals surface area contributed by atoms with Gasteiger partial charge in [-0.3, -0.25) is 9.59 Å². The molecule has 1 N–H and O–H groups in total. The van der Waals surface area contributed by atoms with Crippen molar-refractivity contribution in [2.24, 2.45) is 0 Å². The molecule has 2 aromatic rings. The van der Waals surface area contributed by atoms with Gasteiger partial charge in [0.05, 0.1) is 5.75 Å². The number of hydrogen-bond acceptors (Lipinski definition) is 3. The van der Waals surface area contributed by atoms with Crippen LogP contribution >= 0.6 is 11.8 Å². The summed E-state index contributed by atoms with van der Waals surface area (Å²) < 4.78 is 0. The highest BCUT2D eigenvalue weighted by Crippen LogP contribution is 2.31. The zero-order chi connectivity index (χ0) is 17.8. The molecule has 25 heavy (non-hydrogen) atoms. The van der Waals surface area contributed by atoms with Crippen molar-refractivity contribution in [3.63, 3.8) is 0 Å². The molecule has 3 rings (SSSR count). The van der Waals surface area contributed by atoms with Crippen molar-refractivity contribution < 1.29 is 9.59 Å². The predicted molar refractivity (Wildman–Crippen MR) is 103 cm³/mol. The van der Waals surface area contributed by atoms with Gasteiger partial charge in [0, 0.05) is 29.2 Å². The molecular weight excluding hydrogens is 332 g/mol.